The highest BCUT2D eigenvalue weighted by Crippen LogP contribution is 2.18. The molecule has 2 rings (SSSR count). The molecule has 0 amide bonds. The zero-order valence-corrected chi connectivity index (χ0v) is 12.0. The van der Waals surface area contributed by atoms with Gasteiger partial charge in [0.2, 0.25) is 0 Å². The van der Waals surface area contributed by atoms with E-state index in [1.165, 1.54) is 12.1 Å². The molecule has 0 aliphatic carbocycles. The second-order valence-electron chi connectivity index (χ2n) is 5.08. The van der Waals surface area contributed by atoms with Crippen LogP contribution in [0.15, 0.2) is 42.6 Å². The SMILES string of the molecule is CN(CCc1ccccn1)CC(N)c1cccc(F)c1F. The predicted octanol–water partition coefficient (Wildman–Crippen LogP) is 2.53. The van der Waals surface area contributed by atoms with E-state index in [1.807, 2.05) is 30.1 Å². The predicted molar refractivity (Wildman–Crippen MR) is 78.7 cm³/mol. The van der Waals surface area contributed by atoms with Crippen molar-refractivity contribution in [1.29, 1.82) is 0 Å². The Balaban J connectivity index is 1.90. The fourth-order valence-electron chi connectivity index (χ4n) is 2.18. The first-order valence-corrected chi connectivity index (χ1v) is 6.86. The van der Waals surface area contributed by atoms with Crippen LogP contribution in [0.2, 0.25) is 0 Å². The van der Waals surface area contributed by atoms with E-state index in [9.17, 15) is 8.78 Å². The molecule has 1 heterocycles. The molecule has 112 valence electrons. The lowest BCUT2D eigenvalue weighted by atomic mass is 10.1. The maximum Gasteiger partial charge on any atom is 0.163 e. The summed E-state index contributed by atoms with van der Waals surface area (Å²) in [6.45, 7) is 1.20. The third-order valence-corrected chi connectivity index (χ3v) is 3.37. The molecule has 1 unspecified atom stereocenters. The van der Waals surface area contributed by atoms with Gasteiger partial charge in [-0.1, -0.05) is 18.2 Å². The monoisotopic (exact) mass is 291 g/mol. The van der Waals surface area contributed by atoms with Crippen LogP contribution < -0.4 is 5.73 Å². The molecule has 0 spiro atoms. The number of hydrogen-bond acceptors (Lipinski definition) is 3. The van der Waals surface area contributed by atoms with Crippen molar-refractivity contribution in [2.45, 2.75) is 12.5 Å². The van der Waals surface area contributed by atoms with Crippen LogP contribution in [-0.2, 0) is 6.42 Å². The van der Waals surface area contributed by atoms with E-state index in [0.29, 0.717) is 6.54 Å². The van der Waals surface area contributed by atoms with Gasteiger partial charge in [-0.3, -0.25) is 4.98 Å². The van der Waals surface area contributed by atoms with Gasteiger partial charge in [0.1, 0.15) is 0 Å². The van der Waals surface area contributed by atoms with E-state index >= 15 is 0 Å². The quantitative estimate of drug-likeness (QED) is 0.889. The second-order valence-corrected chi connectivity index (χ2v) is 5.08. The zero-order valence-electron chi connectivity index (χ0n) is 12.0. The molecular weight excluding hydrogens is 272 g/mol. The summed E-state index contributed by atoms with van der Waals surface area (Å²) in [4.78, 5) is 6.24. The highest BCUT2D eigenvalue weighted by Gasteiger charge is 2.16. The minimum absolute atomic E-state index is 0.208. The summed E-state index contributed by atoms with van der Waals surface area (Å²) in [5, 5.41) is 0. The molecule has 21 heavy (non-hydrogen) atoms. The Bertz CT molecular complexity index is 575. The fraction of sp³-hybridized carbons (Fsp3) is 0.312. The van der Waals surface area contributed by atoms with E-state index in [0.717, 1.165) is 24.7 Å². The number of benzene rings is 1. The lowest BCUT2D eigenvalue weighted by Crippen LogP contribution is -2.31. The van der Waals surface area contributed by atoms with E-state index in [2.05, 4.69) is 4.98 Å². The Morgan fingerprint density at radius 3 is 2.71 bits per heavy atom. The number of aromatic nitrogens is 1. The average molecular weight is 291 g/mol. The van der Waals surface area contributed by atoms with Gasteiger partial charge < -0.3 is 10.6 Å². The number of nitrogens with two attached hydrogens (primary N) is 1. The minimum Gasteiger partial charge on any atom is -0.323 e. The Hall–Kier alpha value is -1.85. The molecule has 0 saturated heterocycles. The highest BCUT2D eigenvalue weighted by molar-refractivity contribution is 5.22. The molecule has 0 saturated carbocycles. The molecule has 5 heteroatoms. The Morgan fingerprint density at radius 2 is 2.00 bits per heavy atom. The average Bonchev–Trinajstić information content (AvgIpc) is 2.49. The van der Waals surface area contributed by atoms with Crippen molar-refractivity contribution in [3.63, 3.8) is 0 Å². The van der Waals surface area contributed by atoms with Gasteiger partial charge in [-0.25, -0.2) is 8.78 Å². The molecule has 0 aliphatic heterocycles. The second kappa shape index (κ2) is 7.24. The molecule has 1 atom stereocenters. The lowest BCUT2D eigenvalue weighted by molar-refractivity contribution is 0.311. The van der Waals surface area contributed by atoms with Crippen LogP contribution in [0.1, 0.15) is 17.3 Å². The van der Waals surface area contributed by atoms with Crippen LogP contribution in [0.4, 0.5) is 8.78 Å². The van der Waals surface area contributed by atoms with E-state index in [4.69, 9.17) is 5.73 Å². The van der Waals surface area contributed by atoms with Crippen LogP contribution >= 0.6 is 0 Å². The Morgan fingerprint density at radius 1 is 1.19 bits per heavy atom. The summed E-state index contributed by atoms with van der Waals surface area (Å²) >= 11 is 0. The van der Waals surface area contributed by atoms with Gasteiger partial charge >= 0.3 is 0 Å². The summed E-state index contributed by atoms with van der Waals surface area (Å²) < 4.78 is 26.9. The van der Waals surface area contributed by atoms with Crippen molar-refractivity contribution in [1.82, 2.24) is 9.88 Å². The summed E-state index contributed by atoms with van der Waals surface area (Å²) in [7, 11) is 1.90. The first-order chi connectivity index (χ1) is 10.1. The molecule has 0 aliphatic rings. The van der Waals surface area contributed by atoms with Gasteiger partial charge in [-0.15, -0.1) is 0 Å². The normalized spacial score (nSPS) is 12.6. The summed E-state index contributed by atoms with van der Waals surface area (Å²) in [6.07, 6.45) is 2.54. The van der Waals surface area contributed by atoms with Gasteiger partial charge in [-0.05, 0) is 25.2 Å². The van der Waals surface area contributed by atoms with Gasteiger partial charge in [0.15, 0.2) is 11.6 Å². The first kappa shape index (κ1) is 15.5. The smallest absolute Gasteiger partial charge is 0.163 e. The highest BCUT2D eigenvalue weighted by atomic mass is 19.2. The number of rotatable bonds is 6. The number of pyridine rings is 1. The molecule has 0 fully saturated rings. The minimum atomic E-state index is -0.862. The zero-order chi connectivity index (χ0) is 15.2. The fourth-order valence-corrected chi connectivity index (χ4v) is 2.18. The molecule has 1 aromatic carbocycles. The van der Waals surface area contributed by atoms with Crippen LogP contribution in [0.3, 0.4) is 0 Å². The number of likely N-dealkylation sites (N-methyl/N-ethyl adjacent to an activating group) is 1. The topological polar surface area (TPSA) is 42.2 Å². The van der Waals surface area contributed by atoms with Gasteiger partial charge in [0, 0.05) is 43.0 Å². The van der Waals surface area contributed by atoms with Crippen LogP contribution in [0.5, 0.6) is 0 Å². The van der Waals surface area contributed by atoms with E-state index < -0.39 is 17.7 Å². The van der Waals surface area contributed by atoms with Crippen LogP contribution in [-0.4, -0.2) is 30.0 Å². The maximum absolute atomic E-state index is 13.7. The van der Waals surface area contributed by atoms with Crippen molar-refractivity contribution < 1.29 is 8.78 Å². The first-order valence-electron chi connectivity index (χ1n) is 6.86. The van der Waals surface area contributed by atoms with Crippen molar-refractivity contribution in [3.05, 3.63) is 65.5 Å². The van der Waals surface area contributed by atoms with E-state index in [-0.39, 0.29) is 5.56 Å². The summed E-state index contributed by atoms with van der Waals surface area (Å²) in [6, 6.07) is 9.30. The standard InChI is InChI=1S/C16H19F2N3/c1-21(10-8-12-5-2-3-9-20-12)11-15(19)13-6-4-7-14(17)16(13)18/h2-7,9,15H,8,10-11,19H2,1H3. The molecule has 0 bridgehead atoms. The van der Waals surface area contributed by atoms with E-state index in [1.54, 1.807) is 6.20 Å². The van der Waals surface area contributed by atoms with Crippen molar-refractivity contribution in [2.75, 3.05) is 20.1 Å². The molecule has 1 aromatic heterocycles. The number of nitrogens with zero attached hydrogens (tertiary/aromatic N) is 2. The molecule has 3 nitrogen and oxygen atoms in total. The third-order valence-electron chi connectivity index (χ3n) is 3.37. The summed E-state index contributed by atoms with van der Waals surface area (Å²) in [5.74, 6) is -1.72. The Labute approximate surface area is 123 Å². The van der Waals surface area contributed by atoms with Gasteiger partial charge in [0.25, 0.3) is 0 Å². The lowest BCUT2D eigenvalue weighted by Gasteiger charge is -2.21. The maximum atomic E-state index is 13.7. The van der Waals surface area contributed by atoms with Crippen LogP contribution in [0.25, 0.3) is 0 Å². The van der Waals surface area contributed by atoms with Crippen LogP contribution in [0, 0.1) is 11.6 Å². The molecule has 2 N–H and O–H groups in total. The van der Waals surface area contributed by atoms with Crippen molar-refractivity contribution in [2.24, 2.45) is 5.73 Å². The molecule has 2 aromatic rings. The third kappa shape index (κ3) is 4.31. The summed E-state index contributed by atoms with van der Waals surface area (Å²) in [5.41, 5.74) is 7.17. The molecular formula is C16H19F2N3. The number of halogens is 2. The van der Waals surface area contributed by atoms with Gasteiger partial charge in [-0.2, -0.15) is 0 Å². The van der Waals surface area contributed by atoms with Gasteiger partial charge in [0.05, 0.1) is 0 Å². The van der Waals surface area contributed by atoms with Crippen molar-refractivity contribution >= 4 is 0 Å². The number of hydrogen-bond donors (Lipinski definition) is 1. The van der Waals surface area contributed by atoms with Crippen molar-refractivity contribution in [3.8, 4) is 0 Å². The Kier molecular flexibility index (Phi) is 5.36. The largest absolute Gasteiger partial charge is 0.323 e. The molecule has 0 radical (unpaired) electrons.